The minimum absolute atomic E-state index is 0.103. The van der Waals surface area contributed by atoms with Crippen LogP contribution in [-0.2, 0) is 17.1 Å². The van der Waals surface area contributed by atoms with Crippen LogP contribution in [0.4, 0.5) is 5.69 Å². The van der Waals surface area contributed by atoms with Crippen molar-refractivity contribution in [1.82, 2.24) is 9.36 Å². The molecule has 0 fully saturated rings. The summed E-state index contributed by atoms with van der Waals surface area (Å²) in [5.41, 5.74) is 0.976. The fourth-order valence-corrected chi connectivity index (χ4v) is 5.74. The van der Waals surface area contributed by atoms with Gasteiger partial charge in [0, 0.05) is 41.5 Å². The number of sulfonamides is 1. The van der Waals surface area contributed by atoms with Gasteiger partial charge >= 0.3 is 0 Å². The van der Waals surface area contributed by atoms with E-state index in [-0.39, 0.29) is 27.0 Å². The van der Waals surface area contributed by atoms with Crippen LogP contribution in [-0.4, -0.2) is 36.3 Å². The molecule has 3 rings (SSSR count). The van der Waals surface area contributed by atoms with E-state index < -0.39 is 10.0 Å². The smallest absolute Gasteiger partial charge is 0.273 e. The molecule has 0 atom stereocenters. The molecule has 0 radical (unpaired) electrons. The number of ether oxygens (including phenoxy) is 1. The molecule has 0 saturated heterocycles. The highest BCUT2D eigenvalue weighted by Gasteiger charge is 2.22. The fourth-order valence-electron chi connectivity index (χ4n) is 2.91. The largest absolute Gasteiger partial charge is 0.504 e. The Balaban J connectivity index is 2.14. The highest BCUT2D eigenvalue weighted by atomic mass is 32.2. The lowest BCUT2D eigenvalue weighted by Gasteiger charge is -2.17. The Hall–Kier alpha value is -2.63. The summed E-state index contributed by atoms with van der Waals surface area (Å²) in [5.74, 6) is -0.0529. The fraction of sp³-hybridized carbons (Fsp3) is 0.211. The number of anilines is 1. The highest BCUT2D eigenvalue weighted by Crippen LogP contribution is 2.43. The molecule has 0 aliphatic carbocycles. The molecular formula is C19H21N3O5S3. The minimum Gasteiger partial charge on any atom is -0.504 e. The zero-order chi connectivity index (χ0) is 22.1. The number of aromatic nitrogens is 2. The van der Waals surface area contributed by atoms with Crippen LogP contribution in [0.3, 0.4) is 0 Å². The van der Waals surface area contributed by atoms with Gasteiger partial charge in [-0.3, -0.25) is 14.2 Å². The first-order valence-electron chi connectivity index (χ1n) is 8.66. The standard InChI is InChI=1S/C19H21N3O5S3/c1-12-11-21(2)22(19(12)24)8-7-13-17(23)15(27-3)10-14(18(13)28-4)20-30(25,26)16-6-5-9-29-16/h5-11,20,23H,1-4H3/b8-7+. The van der Waals surface area contributed by atoms with Gasteiger partial charge in [-0.15, -0.1) is 23.1 Å². The Labute approximate surface area is 182 Å². The maximum absolute atomic E-state index is 12.7. The average molecular weight is 468 g/mol. The van der Waals surface area contributed by atoms with Crippen LogP contribution in [0.25, 0.3) is 12.3 Å². The second-order valence-corrected chi connectivity index (χ2v) is 9.98. The summed E-state index contributed by atoms with van der Waals surface area (Å²) < 4.78 is 36.4. The third kappa shape index (κ3) is 4.13. The number of phenols is 1. The van der Waals surface area contributed by atoms with Crippen molar-refractivity contribution in [3.63, 3.8) is 0 Å². The molecule has 3 aromatic rings. The lowest BCUT2D eigenvalue weighted by atomic mass is 10.1. The number of thiophene rings is 1. The molecular weight excluding hydrogens is 446 g/mol. The molecule has 160 valence electrons. The Morgan fingerprint density at radius 3 is 2.63 bits per heavy atom. The van der Waals surface area contributed by atoms with Crippen LogP contribution < -0.4 is 15.0 Å². The third-order valence-corrected chi connectivity index (χ3v) is 7.94. The van der Waals surface area contributed by atoms with Gasteiger partial charge in [-0.1, -0.05) is 6.07 Å². The van der Waals surface area contributed by atoms with Crippen molar-refractivity contribution in [3.05, 3.63) is 51.3 Å². The van der Waals surface area contributed by atoms with Crippen molar-refractivity contribution < 1.29 is 18.3 Å². The maximum Gasteiger partial charge on any atom is 0.273 e. The Morgan fingerprint density at radius 1 is 1.37 bits per heavy atom. The summed E-state index contributed by atoms with van der Waals surface area (Å²) in [6.07, 6.45) is 6.52. The predicted octanol–water partition coefficient (Wildman–Crippen LogP) is 3.42. The van der Waals surface area contributed by atoms with E-state index in [9.17, 15) is 18.3 Å². The van der Waals surface area contributed by atoms with Crippen molar-refractivity contribution in [2.24, 2.45) is 7.05 Å². The minimum atomic E-state index is -3.80. The first-order valence-corrected chi connectivity index (χ1v) is 12.3. The number of benzene rings is 1. The van der Waals surface area contributed by atoms with Gasteiger partial charge in [0.15, 0.2) is 11.5 Å². The molecule has 2 N–H and O–H groups in total. The quantitative estimate of drug-likeness (QED) is 0.408. The van der Waals surface area contributed by atoms with Crippen molar-refractivity contribution in [3.8, 4) is 11.5 Å². The zero-order valence-corrected chi connectivity index (χ0v) is 19.2. The van der Waals surface area contributed by atoms with Gasteiger partial charge in [0.1, 0.15) is 4.21 Å². The first kappa shape index (κ1) is 22.1. The molecule has 0 unspecified atom stereocenters. The first-order chi connectivity index (χ1) is 14.2. The molecule has 8 nitrogen and oxygen atoms in total. The lowest BCUT2D eigenvalue weighted by Crippen LogP contribution is -2.16. The summed E-state index contributed by atoms with van der Waals surface area (Å²) >= 11 is 2.36. The SMILES string of the molecule is COc1cc(NS(=O)(=O)c2cccs2)c(SC)c(/C=C/n2c(=O)c(C)cn2C)c1O. The number of aryl methyl sites for hydroxylation is 2. The van der Waals surface area contributed by atoms with E-state index in [0.717, 1.165) is 11.3 Å². The van der Waals surface area contributed by atoms with Crippen LogP contribution in [0.2, 0.25) is 0 Å². The van der Waals surface area contributed by atoms with E-state index in [1.807, 2.05) is 0 Å². The number of rotatable bonds is 7. The molecule has 0 saturated carbocycles. The topological polar surface area (TPSA) is 103 Å². The third-order valence-electron chi connectivity index (χ3n) is 4.33. The van der Waals surface area contributed by atoms with E-state index in [1.165, 1.54) is 41.9 Å². The monoisotopic (exact) mass is 467 g/mol. The number of aromatic hydroxyl groups is 1. The summed E-state index contributed by atoms with van der Waals surface area (Å²) in [7, 11) is -0.698. The van der Waals surface area contributed by atoms with Crippen molar-refractivity contribution >= 4 is 51.1 Å². The molecule has 0 bridgehead atoms. The van der Waals surface area contributed by atoms with Crippen LogP contribution in [0, 0.1) is 6.92 Å². The molecule has 0 aliphatic rings. The number of methoxy groups -OCH3 is 1. The van der Waals surface area contributed by atoms with Gasteiger partial charge in [-0.25, -0.2) is 13.1 Å². The number of thioether (sulfide) groups is 1. The van der Waals surface area contributed by atoms with Gasteiger partial charge in [0.25, 0.3) is 15.6 Å². The van der Waals surface area contributed by atoms with E-state index in [1.54, 1.807) is 48.6 Å². The van der Waals surface area contributed by atoms with E-state index in [0.29, 0.717) is 16.0 Å². The molecule has 2 aromatic heterocycles. The summed E-state index contributed by atoms with van der Waals surface area (Å²) in [6, 6.07) is 4.59. The number of phenolic OH excluding ortho intramolecular Hbond substituents is 1. The molecule has 0 spiro atoms. The van der Waals surface area contributed by atoms with Crippen LogP contribution in [0.15, 0.2) is 43.7 Å². The molecule has 11 heteroatoms. The van der Waals surface area contributed by atoms with Gasteiger partial charge in [0.05, 0.1) is 12.8 Å². The number of nitrogens with one attached hydrogen (secondary N) is 1. The Bertz CT molecular complexity index is 1260. The Morgan fingerprint density at radius 2 is 2.10 bits per heavy atom. The van der Waals surface area contributed by atoms with E-state index >= 15 is 0 Å². The second-order valence-electron chi connectivity index (χ2n) is 6.31. The molecule has 30 heavy (non-hydrogen) atoms. The maximum atomic E-state index is 12.7. The average Bonchev–Trinajstić information content (AvgIpc) is 3.32. The van der Waals surface area contributed by atoms with Crippen molar-refractivity contribution in [2.75, 3.05) is 18.1 Å². The Kier molecular flexibility index (Phi) is 6.34. The molecule has 0 amide bonds. The normalized spacial score (nSPS) is 11.9. The summed E-state index contributed by atoms with van der Waals surface area (Å²) in [5, 5.41) is 12.3. The van der Waals surface area contributed by atoms with Gasteiger partial charge < -0.3 is 9.84 Å². The predicted molar refractivity (Wildman–Crippen MR) is 121 cm³/mol. The summed E-state index contributed by atoms with van der Waals surface area (Å²) in [6.45, 7) is 1.71. The van der Waals surface area contributed by atoms with Crippen molar-refractivity contribution in [2.45, 2.75) is 16.0 Å². The van der Waals surface area contributed by atoms with Crippen LogP contribution in [0.1, 0.15) is 11.1 Å². The van der Waals surface area contributed by atoms with Gasteiger partial charge in [-0.2, -0.15) is 0 Å². The molecule has 2 heterocycles. The van der Waals surface area contributed by atoms with E-state index in [2.05, 4.69) is 4.72 Å². The van der Waals surface area contributed by atoms with E-state index in [4.69, 9.17) is 4.74 Å². The van der Waals surface area contributed by atoms with Gasteiger partial charge in [0.2, 0.25) is 0 Å². The number of hydrogen-bond donors (Lipinski definition) is 2. The number of nitrogens with zero attached hydrogens (tertiary/aromatic N) is 2. The van der Waals surface area contributed by atoms with Crippen LogP contribution in [0.5, 0.6) is 11.5 Å². The lowest BCUT2D eigenvalue weighted by molar-refractivity contribution is 0.372. The number of hydrogen-bond acceptors (Lipinski definition) is 7. The van der Waals surface area contributed by atoms with Gasteiger partial charge in [-0.05, 0) is 30.7 Å². The van der Waals surface area contributed by atoms with Crippen LogP contribution >= 0.6 is 23.1 Å². The second kappa shape index (κ2) is 8.62. The highest BCUT2D eigenvalue weighted by molar-refractivity contribution is 7.99. The summed E-state index contributed by atoms with van der Waals surface area (Å²) in [4.78, 5) is 12.8. The molecule has 1 aromatic carbocycles. The van der Waals surface area contributed by atoms with Crippen molar-refractivity contribution in [1.29, 1.82) is 0 Å². The molecule has 0 aliphatic heterocycles. The zero-order valence-electron chi connectivity index (χ0n) is 16.7.